The molecule has 0 aromatic heterocycles. The van der Waals surface area contributed by atoms with E-state index in [1.54, 1.807) is 0 Å². The van der Waals surface area contributed by atoms with Crippen LogP contribution in [0, 0.1) is 0 Å². The first-order valence-electron chi connectivity index (χ1n) is 3.44. The Morgan fingerprint density at radius 2 is 2.50 bits per heavy atom. The van der Waals surface area contributed by atoms with Crippen LogP contribution in [0.1, 0.15) is 19.8 Å². The molecule has 0 aromatic rings. The predicted molar refractivity (Wildman–Crippen MR) is 41.0 cm³/mol. The van der Waals surface area contributed by atoms with Crippen LogP contribution in [0.2, 0.25) is 0 Å². The molecular formula is C7H9N3. The van der Waals surface area contributed by atoms with E-state index in [9.17, 15) is 0 Å². The van der Waals surface area contributed by atoms with Gasteiger partial charge in [0.15, 0.2) is 0 Å². The van der Waals surface area contributed by atoms with Gasteiger partial charge in [0.05, 0.1) is 11.4 Å². The van der Waals surface area contributed by atoms with Gasteiger partial charge in [-0.2, -0.15) is 5.10 Å². The van der Waals surface area contributed by atoms with Crippen molar-refractivity contribution in [2.75, 3.05) is 0 Å². The molecular weight excluding hydrogens is 126 g/mol. The van der Waals surface area contributed by atoms with Crippen molar-refractivity contribution < 1.29 is 0 Å². The lowest BCUT2D eigenvalue weighted by Gasteiger charge is -2.08. The molecule has 0 spiro atoms. The van der Waals surface area contributed by atoms with Crippen molar-refractivity contribution in [3.63, 3.8) is 0 Å². The van der Waals surface area contributed by atoms with Crippen LogP contribution in [0.25, 0.3) is 0 Å². The van der Waals surface area contributed by atoms with Crippen LogP contribution in [0.3, 0.4) is 0 Å². The summed E-state index contributed by atoms with van der Waals surface area (Å²) in [5.41, 5.74) is 5.21. The van der Waals surface area contributed by atoms with E-state index in [2.05, 4.69) is 21.6 Å². The third kappa shape index (κ3) is 0.744. The summed E-state index contributed by atoms with van der Waals surface area (Å²) in [6.07, 6.45) is 4.30. The molecule has 0 atom stereocenters. The molecule has 0 amide bonds. The Morgan fingerprint density at radius 1 is 1.60 bits per heavy atom. The number of hydrazone groups is 1. The maximum Gasteiger partial charge on any atom is 0.145 e. The Morgan fingerprint density at radius 3 is 3.40 bits per heavy atom. The molecule has 52 valence electrons. The maximum absolute atomic E-state index is 4.28. The molecule has 10 heavy (non-hydrogen) atoms. The van der Waals surface area contributed by atoms with Crippen LogP contribution in [-0.2, 0) is 0 Å². The Labute approximate surface area is 59.5 Å². The molecule has 0 radical (unpaired) electrons. The van der Waals surface area contributed by atoms with Gasteiger partial charge < -0.3 is 0 Å². The highest BCUT2D eigenvalue weighted by molar-refractivity contribution is 6.09. The van der Waals surface area contributed by atoms with Crippen LogP contribution >= 0.6 is 0 Å². The average Bonchev–Trinajstić information content (AvgIpc) is 2.33. The van der Waals surface area contributed by atoms with Gasteiger partial charge in [0.2, 0.25) is 0 Å². The van der Waals surface area contributed by atoms with Crippen molar-refractivity contribution in [3.8, 4) is 0 Å². The van der Waals surface area contributed by atoms with E-state index in [0.717, 1.165) is 30.1 Å². The summed E-state index contributed by atoms with van der Waals surface area (Å²) in [6.45, 7) is 1.90. The van der Waals surface area contributed by atoms with Crippen molar-refractivity contribution in [3.05, 3.63) is 11.8 Å². The van der Waals surface area contributed by atoms with Crippen molar-refractivity contribution >= 4 is 11.5 Å². The number of hydrogen-bond acceptors (Lipinski definition) is 3. The molecule has 0 aromatic carbocycles. The van der Waals surface area contributed by atoms with E-state index in [1.165, 1.54) is 0 Å². The van der Waals surface area contributed by atoms with Crippen LogP contribution in [-0.4, -0.2) is 11.5 Å². The molecule has 1 aliphatic carbocycles. The standard InChI is InChI=1S/C7H9N3/c1-5-8-6-3-2-4-7(6)10-9-5/h4,10H,2-3H2,1H3. The third-order valence-electron chi connectivity index (χ3n) is 1.68. The highest BCUT2D eigenvalue weighted by atomic mass is 15.3. The van der Waals surface area contributed by atoms with E-state index in [1.807, 2.05) is 6.92 Å². The second-order valence-corrected chi connectivity index (χ2v) is 2.49. The Bertz CT molecular complexity index is 248. The lowest BCUT2D eigenvalue weighted by molar-refractivity contribution is 0.914. The topological polar surface area (TPSA) is 36.8 Å². The number of nitrogens with one attached hydrogen (secondary N) is 1. The smallest absolute Gasteiger partial charge is 0.145 e. The first kappa shape index (κ1) is 5.65. The van der Waals surface area contributed by atoms with Gasteiger partial charge >= 0.3 is 0 Å². The minimum Gasteiger partial charge on any atom is -0.275 e. The van der Waals surface area contributed by atoms with E-state index in [0.29, 0.717) is 0 Å². The summed E-state index contributed by atoms with van der Waals surface area (Å²) in [4.78, 5) is 4.28. The number of aliphatic imine (C=N–C) groups is 1. The summed E-state index contributed by atoms with van der Waals surface area (Å²) in [6, 6.07) is 0. The molecule has 3 heteroatoms. The fraction of sp³-hybridized carbons (Fsp3) is 0.429. The monoisotopic (exact) mass is 135 g/mol. The van der Waals surface area contributed by atoms with Crippen LogP contribution in [0.4, 0.5) is 0 Å². The molecule has 1 aliphatic heterocycles. The zero-order valence-electron chi connectivity index (χ0n) is 5.89. The maximum atomic E-state index is 4.28. The summed E-state index contributed by atoms with van der Waals surface area (Å²) in [5, 5.41) is 3.98. The minimum absolute atomic E-state index is 0.828. The first-order chi connectivity index (χ1) is 4.86. The molecule has 2 aliphatic rings. The summed E-state index contributed by atoms with van der Waals surface area (Å²) < 4.78 is 0. The SMILES string of the molecule is CC1=NNC2=CCCC2=N1. The van der Waals surface area contributed by atoms with Gasteiger partial charge in [-0.05, 0) is 19.8 Å². The van der Waals surface area contributed by atoms with Gasteiger partial charge in [0.25, 0.3) is 0 Å². The second-order valence-electron chi connectivity index (χ2n) is 2.49. The van der Waals surface area contributed by atoms with E-state index >= 15 is 0 Å². The Balaban J connectivity index is 2.36. The summed E-state index contributed by atoms with van der Waals surface area (Å²) >= 11 is 0. The molecule has 1 heterocycles. The number of rotatable bonds is 0. The molecule has 1 N–H and O–H groups in total. The van der Waals surface area contributed by atoms with Crippen molar-refractivity contribution in [1.82, 2.24) is 5.43 Å². The highest BCUT2D eigenvalue weighted by Crippen LogP contribution is 2.15. The molecule has 0 unspecified atom stereocenters. The molecule has 0 fully saturated rings. The fourth-order valence-electron chi connectivity index (χ4n) is 1.19. The second kappa shape index (κ2) is 1.94. The Hall–Kier alpha value is -1.12. The van der Waals surface area contributed by atoms with Gasteiger partial charge in [0, 0.05) is 0 Å². The van der Waals surface area contributed by atoms with Gasteiger partial charge in [-0.3, -0.25) is 5.43 Å². The third-order valence-corrected chi connectivity index (χ3v) is 1.68. The molecule has 3 nitrogen and oxygen atoms in total. The molecule has 2 rings (SSSR count). The molecule has 0 saturated carbocycles. The van der Waals surface area contributed by atoms with Crippen molar-refractivity contribution in [2.45, 2.75) is 19.8 Å². The van der Waals surface area contributed by atoms with Gasteiger partial charge in [-0.1, -0.05) is 6.08 Å². The molecule has 0 saturated heterocycles. The summed E-state index contributed by atoms with van der Waals surface area (Å²) in [7, 11) is 0. The van der Waals surface area contributed by atoms with E-state index in [4.69, 9.17) is 0 Å². The fourth-order valence-corrected chi connectivity index (χ4v) is 1.19. The predicted octanol–water partition coefficient (Wildman–Crippen LogP) is 1.04. The largest absolute Gasteiger partial charge is 0.275 e. The lowest BCUT2D eigenvalue weighted by atomic mass is 10.3. The van der Waals surface area contributed by atoms with Crippen LogP contribution in [0.5, 0.6) is 0 Å². The van der Waals surface area contributed by atoms with Crippen LogP contribution in [0.15, 0.2) is 21.9 Å². The van der Waals surface area contributed by atoms with E-state index < -0.39 is 0 Å². The number of amidine groups is 1. The number of nitrogens with zero attached hydrogens (tertiary/aromatic N) is 2. The van der Waals surface area contributed by atoms with Crippen molar-refractivity contribution in [2.24, 2.45) is 10.1 Å². The van der Waals surface area contributed by atoms with Gasteiger partial charge in [0.1, 0.15) is 5.84 Å². The van der Waals surface area contributed by atoms with Gasteiger partial charge in [-0.25, -0.2) is 4.99 Å². The number of fused-ring (bicyclic) bond motifs is 1. The average molecular weight is 135 g/mol. The lowest BCUT2D eigenvalue weighted by Crippen LogP contribution is -2.19. The summed E-state index contributed by atoms with van der Waals surface area (Å²) in [5.74, 6) is 0.828. The normalized spacial score (nSPS) is 22.3. The quantitative estimate of drug-likeness (QED) is 0.529. The van der Waals surface area contributed by atoms with E-state index in [-0.39, 0.29) is 0 Å². The van der Waals surface area contributed by atoms with Gasteiger partial charge in [-0.15, -0.1) is 0 Å². The highest BCUT2D eigenvalue weighted by Gasteiger charge is 2.15. The van der Waals surface area contributed by atoms with Crippen molar-refractivity contribution in [1.29, 1.82) is 0 Å². The molecule has 0 bridgehead atoms. The first-order valence-corrected chi connectivity index (χ1v) is 3.44. The zero-order chi connectivity index (χ0) is 6.97. The number of allylic oxidation sites excluding steroid dienone is 2. The number of hydrogen-bond donors (Lipinski definition) is 1. The van der Waals surface area contributed by atoms with Crippen LogP contribution < -0.4 is 5.43 Å². The zero-order valence-corrected chi connectivity index (χ0v) is 5.89. The minimum atomic E-state index is 0.828. The Kier molecular flexibility index (Phi) is 1.09.